The van der Waals surface area contributed by atoms with Crippen molar-refractivity contribution in [3.63, 3.8) is 0 Å². The van der Waals surface area contributed by atoms with Crippen LogP contribution in [0, 0.1) is 0 Å². The highest BCUT2D eigenvalue weighted by atomic mass is 32.2. The minimum Gasteiger partial charge on any atom is -0.395 e. The van der Waals surface area contributed by atoms with Gasteiger partial charge < -0.3 is 10.0 Å². The lowest BCUT2D eigenvalue weighted by molar-refractivity contribution is 0.234. The normalized spacial score (nSPS) is 11.6. The molecule has 0 radical (unpaired) electrons. The quantitative estimate of drug-likeness (QED) is 0.776. The van der Waals surface area contributed by atoms with Crippen molar-refractivity contribution in [2.24, 2.45) is 0 Å². The first-order valence-corrected chi connectivity index (χ1v) is 7.07. The molecule has 1 aromatic carbocycles. The number of anilines is 1. The Morgan fingerprint density at radius 1 is 1.32 bits per heavy atom. The van der Waals surface area contributed by atoms with E-state index in [-0.39, 0.29) is 6.61 Å². The molecule has 0 aromatic heterocycles. The number of nitrogens with zero attached hydrogens (tertiary/aromatic N) is 1. The van der Waals surface area contributed by atoms with Crippen LogP contribution in [-0.2, 0) is 9.84 Å². The molecule has 4 nitrogen and oxygen atoms in total. The van der Waals surface area contributed by atoms with Gasteiger partial charge in [-0.15, -0.1) is 6.58 Å². The number of hydrogen-bond acceptors (Lipinski definition) is 4. The van der Waals surface area contributed by atoms with Crippen LogP contribution in [0.2, 0.25) is 0 Å². The van der Waals surface area contributed by atoms with Crippen molar-refractivity contribution in [2.75, 3.05) is 24.6 Å². The highest BCUT2D eigenvalue weighted by Gasteiger charge is 2.26. The highest BCUT2D eigenvalue weighted by molar-refractivity contribution is 7.91. The molecule has 0 unspecified atom stereocenters. The monoisotopic (exact) mass is 291 g/mol. The third-order valence-corrected chi connectivity index (χ3v) is 3.88. The minimum atomic E-state index is -4.57. The summed E-state index contributed by atoms with van der Waals surface area (Å²) in [7, 11) is -4.57. The standard InChI is InChI=1S/C12H15F2NO3S/c1-2-7-15(8-9-16)10-3-5-11(6-4-10)19(17,18)12(13)14/h2-6,12,16H,1,7-9H2. The lowest BCUT2D eigenvalue weighted by Crippen LogP contribution is -2.26. The average molecular weight is 291 g/mol. The lowest BCUT2D eigenvalue weighted by atomic mass is 10.3. The Labute approximate surface area is 110 Å². The van der Waals surface area contributed by atoms with E-state index in [1.807, 2.05) is 0 Å². The van der Waals surface area contributed by atoms with Crippen LogP contribution in [0.3, 0.4) is 0 Å². The Balaban J connectivity index is 3.01. The third kappa shape index (κ3) is 3.74. The van der Waals surface area contributed by atoms with Gasteiger partial charge in [0.25, 0.3) is 0 Å². The number of alkyl halides is 2. The van der Waals surface area contributed by atoms with E-state index in [0.717, 1.165) is 12.1 Å². The molecule has 0 atom stereocenters. The molecule has 0 bridgehead atoms. The lowest BCUT2D eigenvalue weighted by Gasteiger charge is -2.22. The molecule has 0 spiro atoms. The van der Waals surface area contributed by atoms with Crippen LogP contribution in [0.25, 0.3) is 0 Å². The molecule has 0 amide bonds. The Morgan fingerprint density at radius 3 is 2.32 bits per heavy atom. The predicted octanol–water partition coefficient (Wildman–Crippen LogP) is 1.67. The van der Waals surface area contributed by atoms with Crippen LogP contribution in [0.5, 0.6) is 0 Å². The first kappa shape index (κ1) is 15.6. The maximum atomic E-state index is 12.4. The van der Waals surface area contributed by atoms with E-state index < -0.39 is 20.5 Å². The van der Waals surface area contributed by atoms with Gasteiger partial charge in [0.05, 0.1) is 11.5 Å². The molecule has 19 heavy (non-hydrogen) atoms. The van der Waals surface area contributed by atoms with Crippen molar-refractivity contribution in [1.82, 2.24) is 0 Å². The zero-order chi connectivity index (χ0) is 14.5. The first-order chi connectivity index (χ1) is 8.93. The Hall–Kier alpha value is -1.47. The molecule has 106 valence electrons. The van der Waals surface area contributed by atoms with Gasteiger partial charge in [-0.2, -0.15) is 8.78 Å². The second kappa shape index (κ2) is 6.63. The Bertz CT molecular complexity index is 514. The summed E-state index contributed by atoms with van der Waals surface area (Å²) >= 11 is 0. The van der Waals surface area contributed by atoms with Crippen molar-refractivity contribution >= 4 is 15.5 Å². The van der Waals surface area contributed by atoms with Crippen LogP contribution in [0.15, 0.2) is 41.8 Å². The molecule has 0 aliphatic rings. The van der Waals surface area contributed by atoms with Gasteiger partial charge in [-0.1, -0.05) is 6.08 Å². The van der Waals surface area contributed by atoms with Crippen molar-refractivity contribution in [3.05, 3.63) is 36.9 Å². The summed E-state index contributed by atoms with van der Waals surface area (Å²) in [6.45, 7) is 4.29. The zero-order valence-electron chi connectivity index (χ0n) is 10.2. The van der Waals surface area contributed by atoms with E-state index in [9.17, 15) is 17.2 Å². The van der Waals surface area contributed by atoms with Crippen molar-refractivity contribution in [3.8, 4) is 0 Å². The van der Waals surface area contributed by atoms with Gasteiger partial charge in [-0.3, -0.25) is 0 Å². The van der Waals surface area contributed by atoms with Crippen LogP contribution in [0.1, 0.15) is 0 Å². The van der Waals surface area contributed by atoms with Gasteiger partial charge in [-0.05, 0) is 24.3 Å². The van der Waals surface area contributed by atoms with Gasteiger partial charge in [0, 0.05) is 18.8 Å². The summed E-state index contributed by atoms with van der Waals surface area (Å²) in [6.07, 6.45) is 1.62. The molecule has 1 aromatic rings. The van der Waals surface area contributed by atoms with E-state index in [0.29, 0.717) is 18.8 Å². The topological polar surface area (TPSA) is 57.6 Å². The number of sulfone groups is 1. The fraction of sp³-hybridized carbons (Fsp3) is 0.333. The molecule has 7 heteroatoms. The SMILES string of the molecule is C=CCN(CCO)c1ccc(S(=O)(=O)C(F)F)cc1. The zero-order valence-corrected chi connectivity index (χ0v) is 11.0. The van der Waals surface area contributed by atoms with E-state index in [2.05, 4.69) is 6.58 Å². The second-order valence-corrected chi connectivity index (χ2v) is 5.68. The molecule has 0 saturated carbocycles. The van der Waals surface area contributed by atoms with E-state index in [4.69, 9.17) is 5.11 Å². The van der Waals surface area contributed by atoms with Crippen molar-refractivity contribution in [2.45, 2.75) is 10.7 Å². The number of benzene rings is 1. The number of halogens is 2. The summed E-state index contributed by atoms with van der Waals surface area (Å²) < 4.78 is 47.2. The molecular formula is C12H15F2NO3S. The number of rotatable bonds is 7. The summed E-state index contributed by atoms with van der Waals surface area (Å²) in [6, 6.07) is 5.11. The van der Waals surface area contributed by atoms with Crippen molar-refractivity contribution in [1.29, 1.82) is 0 Å². The summed E-state index contributed by atoms with van der Waals surface area (Å²) in [5.41, 5.74) is 0.627. The third-order valence-electron chi connectivity index (χ3n) is 2.48. The average Bonchev–Trinajstić information content (AvgIpc) is 2.38. The molecule has 1 rings (SSSR count). The molecule has 1 N–H and O–H groups in total. The van der Waals surface area contributed by atoms with Gasteiger partial charge in [0.1, 0.15) is 0 Å². The first-order valence-electron chi connectivity index (χ1n) is 5.52. The highest BCUT2D eigenvalue weighted by Crippen LogP contribution is 2.22. The summed E-state index contributed by atoms with van der Waals surface area (Å²) in [4.78, 5) is 1.32. The number of aliphatic hydroxyl groups is 1. The smallest absolute Gasteiger partial charge is 0.341 e. The molecule has 0 heterocycles. The Morgan fingerprint density at radius 2 is 1.89 bits per heavy atom. The molecule has 0 aliphatic carbocycles. The molecule has 0 aliphatic heterocycles. The van der Waals surface area contributed by atoms with Gasteiger partial charge >= 0.3 is 5.76 Å². The fourth-order valence-electron chi connectivity index (χ4n) is 1.55. The van der Waals surface area contributed by atoms with Gasteiger partial charge in [0.2, 0.25) is 9.84 Å². The van der Waals surface area contributed by atoms with Crippen LogP contribution in [0.4, 0.5) is 14.5 Å². The maximum Gasteiger partial charge on any atom is 0.341 e. The number of aliphatic hydroxyl groups excluding tert-OH is 1. The largest absolute Gasteiger partial charge is 0.395 e. The van der Waals surface area contributed by atoms with Crippen LogP contribution >= 0.6 is 0 Å². The van der Waals surface area contributed by atoms with E-state index >= 15 is 0 Å². The fourth-order valence-corrected chi connectivity index (χ4v) is 2.27. The summed E-state index contributed by atoms with van der Waals surface area (Å²) in [5, 5.41) is 8.91. The number of hydrogen-bond donors (Lipinski definition) is 1. The molecule has 0 fully saturated rings. The minimum absolute atomic E-state index is 0.0784. The Kier molecular flexibility index (Phi) is 5.44. The van der Waals surface area contributed by atoms with Gasteiger partial charge in [-0.25, -0.2) is 8.42 Å². The molecule has 0 saturated heterocycles. The maximum absolute atomic E-state index is 12.4. The summed E-state index contributed by atoms with van der Waals surface area (Å²) in [5.74, 6) is -3.43. The second-order valence-electron chi connectivity index (χ2n) is 3.76. The molecular weight excluding hydrogens is 276 g/mol. The van der Waals surface area contributed by atoms with E-state index in [1.54, 1.807) is 11.0 Å². The van der Waals surface area contributed by atoms with Crippen LogP contribution < -0.4 is 4.90 Å². The van der Waals surface area contributed by atoms with Crippen LogP contribution in [-0.4, -0.2) is 39.0 Å². The predicted molar refractivity (Wildman–Crippen MR) is 69.1 cm³/mol. The van der Waals surface area contributed by atoms with Crippen molar-refractivity contribution < 1.29 is 22.3 Å². The van der Waals surface area contributed by atoms with E-state index in [1.165, 1.54) is 12.1 Å². The van der Waals surface area contributed by atoms with Gasteiger partial charge in [0.15, 0.2) is 0 Å².